The summed E-state index contributed by atoms with van der Waals surface area (Å²) in [7, 11) is -3.51. The van der Waals surface area contributed by atoms with Crippen LogP contribution in [0.5, 0.6) is 0 Å². The van der Waals surface area contributed by atoms with E-state index in [1.807, 2.05) is 37.3 Å². The van der Waals surface area contributed by atoms with Crippen LogP contribution in [0.2, 0.25) is 0 Å². The highest BCUT2D eigenvalue weighted by Crippen LogP contribution is 2.18. The first kappa shape index (κ1) is 18.1. The fraction of sp³-hybridized carbons (Fsp3) is 0.294. The minimum Gasteiger partial charge on any atom is -0.258 e. The Morgan fingerprint density at radius 2 is 1.62 bits per heavy atom. The molecule has 0 aliphatic carbocycles. The zero-order chi connectivity index (χ0) is 17.6. The summed E-state index contributed by atoms with van der Waals surface area (Å²) in [6.45, 7) is 2.69. The van der Waals surface area contributed by atoms with E-state index in [4.69, 9.17) is 0 Å². The molecule has 128 valence electrons. The Morgan fingerprint density at radius 3 is 2.17 bits per heavy atom. The Morgan fingerprint density at radius 1 is 1.00 bits per heavy atom. The number of sulfonamides is 1. The summed E-state index contributed by atoms with van der Waals surface area (Å²) in [4.78, 5) is 10.2. The molecule has 0 atom stereocenters. The van der Waals surface area contributed by atoms with Gasteiger partial charge in [-0.3, -0.25) is 10.1 Å². The van der Waals surface area contributed by atoms with Gasteiger partial charge < -0.3 is 0 Å². The van der Waals surface area contributed by atoms with Crippen molar-refractivity contribution in [2.45, 2.75) is 25.6 Å². The molecule has 0 amide bonds. The van der Waals surface area contributed by atoms with Crippen LogP contribution in [0.15, 0.2) is 54.6 Å². The average Bonchev–Trinajstić information content (AvgIpc) is 2.55. The number of nitrogens with zero attached hydrogens (tertiary/aromatic N) is 2. The first-order valence-corrected chi connectivity index (χ1v) is 9.28. The van der Waals surface area contributed by atoms with Crippen LogP contribution in [-0.2, 0) is 22.3 Å². The van der Waals surface area contributed by atoms with E-state index in [0.717, 1.165) is 5.56 Å². The summed E-state index contributed by atoms with van der Waals surface area (Å²) in [5.74, 6) is -0.169. The maximum absolute atomic E-state index is 12.7. The molecule has 0 fully saturated rings. The molecule has 0 aliphatic rings. The number of non-ortho nitro benzene ring substituents is 1. The van der Waals surface area contributed by atoms with E-state index >= 15 is 0 Å². The predicted octanol–water partition coefficient (Wildman–Crippen LogP) is 3.34. The van der Waals surface area contributed by atoms with Crippen LogP contribution >= 0.6 is 0 Å². The van der Waals surface area contributed by atoms with E-state index in [1.165, 1.54) is 28.6 Å². The molecule has 0 N–H and O–H groups in total. The quantitative estimate of drug-likeness (QED) is 0.541. The molecule has 6 nitrogen and oxygen atoms in total. The summed E-state index contributed by atoms with van der Waals surface area (Å²) in [6.07, 6.45) is 0.715. The molecule has 0 unspecified atom stereocenters. The molecule has 2 aromatic rings. The summed E-state index contributed by atoms with van der Waals surface area (Å²) in [5.41, 5.74) is 1.42. The van der Waals surface area contributed by atoms with Gasteiger partial charge >= 0.3 is 0 Å². The van der Waals surface area contributed by atoms with E-state index in [9.17, 15) is 18.5 Å². The second-order valence-electron chi connectivity index (χ2n) is 5.50. The van der Waals surface area contributed by atoms with Crippen molar-refractivity contribution in [1.29, 1.82) is 0 Å². The first-order chi connectivity index (χ1) is 11.4. The second-order valence-corrected chi connectivity index (χ2v) is 7.47. The Labute approximate surface area is 141 Å². The highest BCUT2D eigenvalue weighted by Gasteiger charge is 2.22. The topological polar surface area (TPSA) is 80.5 Å². The van der Waals surface area contributed by atoms with Crippen molar-refractivity contribution >= 4 is 15.7 Å². The number of rotatable bonds is 8. The van der Waals surface area contributed by atoms with Crippen LogP contribution in [0, 0.1) is 10.1 Å². The molecule has 2 aromatic carbocycles. The Balaban J connectivity index is 2.16. The molecule has 0 saturated carbocycles. The maximum Gasteiger partial charge on any atom is 0.269 e. The van der Waals surface area contributed by atoms with Crippen LogP contribution in [0.1, 0.15) is 24.5 Å². The highest BCUT2D eigenvalue weighted by atomic mass is 32.2. The van der Waals surface area contributed by atoms with Crippen LogP contribution in [0.3, 0.4) is 0 Å². The van der Waals surface area contributed by atoms with Gasteiger partial charge in [-0.2, -0.15) is 4.31 Å². The molecule has 0 saturated heterocycles. The third kappa shape index (κ3) is 4.87. The van der Waals surface area contributed by atoms with Gasteiger partial charge in [0.25, 0.3) is 5.69 Å². The number of nitro groups is 1. The zero-order valence-corrected chi connectivity index (χ0v) is 14.3. The first-order valence-electron chi connectivity index (χ1n) is 7.67. The molecule has 0 spiro atoms. The molecular weight excluding hydrogens is 328 g/mol. The summed E-state index contributed by atoms with van der Waals surface area (Å²) in [6, 6.07) is 15.1. The number of nitro benzene ring substituents is 1. The predicted molar refractivity (Wildman–Crippen MR) is 92.9 cm³/mol. The summed E-state index contributed by atoms with van der Waals surface area (Å²) in [5, 5.41) is 10.7. The van der Waals surface area contributed by atoms with Crippen molar-refractivity contribution in [2.24, 2.45) is 0 Å². The Hall–Kier alpha value is -2.25. The van der Waals surface area contributed by atoms with E-state index in [2.05, 4.69) is 0 Å². The van der Waals surface area contributed by atoms with Crippen molar-refractivity contribution in [3.8, 4) is 0 Å². The maximum atomic E-state index is 12.7. The Bertz CT molecular complexity index is 774. The molecule has 2 rings (SSSR count). The van der Waals surface area contributed by atoms with Crippen molar-refractivity contribution in [1.82, 2.24) is 4.31 Å². The van der Waals surface area contributed by atoms with E-state index in [0.29, 0.717) is 25.1 Å². The molecule has 0 aliphatic heterocycles. The lowest BCUT2D eigenvalue weighted by molar-refractivity contribution is -0.384. The van der Waals surface area contributed by atoms with Crippen LogP contribution < -0.4 is 0 Å². The lowest BCUT2D eigenvalue weighted by atomic mass is 10.2. The van der Waals surface area contributed by atoms with Gasteiger partial charge in [0.2, 0.25) is 10.0 Å². The second kappa shape index (κ2) is 8.03. The molecular formula is C17H20N2O4S. The fourth-order valence-electron chi connectivity index (χ4n) is 2.37. The van der Waals surface area contributed by atoms with Gasteiger partial charge in [0, 0.05) is 25.2 Å². The smallest absolute Gasteiger partial charge is 0.258 e. The Kier molecular flexibility index (Phi) is 6.05. The average molecular weight is 348 g/mol. The van der Waals surface area contributed by atoms with Crippen molar-refractivity contribution in [2.75, 3.05) is 6.54 Å². The standard InChI is InChI=1S/C17H20N2O4S/c1-2-12-18(13-15-6-4-3-5-7-15)24(22,23)14-16-8-10-17(11-9-16)19(20)21/h3-11H,2,12-14H2,1H3. The fourth-order valence-corrected chi connectivity index (χ4v) is 3.97. The monoisotopic (exact) mass is 348 g/mol. The molecule has 0 radical (unpaired) electrons. The van der Waals surface area contributed by atoms with Gasteiger partial charge in [0.05, 0.1) is 10.7 Å². The van der Waals surface area contributed by atoms with Crippen LogP contribution in [-0.4, -0.2) is 24.2 Å². The highest BCUT2D eigenvalue weighted by molar-refractivity contribution is 7.88. The van der Waals surface area contributed by atoms with Gasteiger partial charge in [-0.25, -0.2) is 8.42 Å². The third-order valence-electron chi connectivity index (χ3n) is 3.56. The van der Waals surface area contributed by atoms with Crippen molar-refractivity contribution < 1.29 is 13.3 Å². The molecule has 7 heteroatoms. The number of hydrogen-bond acceptors (Lipinski definition) is 4. The SMILES string of the molecule is CCCN(Cc1ccccc1)S(=O)(=O)Cc1ccc([N+](=O)[O-])cc1. The van der Waals surface area contributed by atoms with Gasteiger partial charge in [0.15, 0.2) is 0 Å². The number of benzene rings is 2. The van der Waals surface area contributed by atoms with Gasteiger partial charge in [-0.05, 0) is 17.5 Å². The molecule has 0 bridgehead atoms. The van der Waals surface area contributed by atoms with Crippen molar-refractivity contribution in [3.63, 3.8) is 0 Å². The lowest BCUT2D eigenvalue weighted by Gasteiger charge is -2.21. The van der Waals surface area contributed by atoms with Crippen molar-refractivity contribution in [3.05, 3.63) is 75.8 Å². The van der Waals surface area contributed by atoms with Crippen LogP contribution in [0.25, 0.3) is 0 Å². The van der Waals surface area contributed by atoms with Gasteiger partial charge in [0.1, 0.15) is 0 Å². The third-order valence-corrected chi connectivity index (χ3v) is 5.36. The van der Waals surface area contributed by atoms with E-state index < -0.39 is 14.9 Å². The molecule has 0 aromatic heterocycles. The minimum absolute atomic E-state index is 0.0501. The number of hydrogen-bond donors (Lipinski definition) is 0. The van der Waals surface area contributed by atoms with Gasteiger partial charge in [-0.15, -0.1) is 0 Å². The normalized spacial score (nSPS) is 11.6. The lowest BCUT2D eigenvalue weighted by Crippen LogP contribution is -2.32. The molecule has 24 heavy (non-hydrogen) atoms. The van der Waals surface area contributed by atoms with Crippen LogP contribution in [0.4, 0.5) is 5.69 Å². The minimum atomic E-state index is -3.51. The van der Waals surface area contributed by atoms with Gasteiger partial charge in [-0.1, -0.05) is 49.4 Å². The summed E-state index contributed by atoms with van der Waals surface area (Å²) < 4.78 is 26.9. The van der Waals surface area contributed by atoms with E-state index in [1.54, 1.807) is 0 Å². The molecule has 0 heterocycles. The largest absolute Gasteiger partial charge is 0.269 e. The zero-order valence-electron chi connectivity index (χ0n) is 13.5. The summed E-state index contributed by atoms with van der Waals surface area (Å²) >= 11 is 0. The van der Waals surface area contributed by atoms with E-state index in [-0.39, 0.29) is 11.4 Å².